The Labute approximate surface area is 404 Å². The minimum absolute atomic E-state index is 0.0686. The second-order valence-electron chi connectivity index (χ2n) is 25.0. The van der Waals surface area contributed by atoms with Crippen molar-refractivity contribution in [1.82, 2.24) is 0 Å². The quantitative estimate of drug-likeness (QED) is 0.135. The fourth-order valence-corrected chi connectivity index (χ4v) is 8.34. The van der Waals surface area contributed by atoms with Crippen LogP contribution in [0.25, 0.3) is 44.5 Å². The zero-order chi connectivity index (χ0) is 49.7. The van der Waals surface area contributed by atoms with Crippen LogP contribution in [0, 0.1) is 0 Å². The predicted octanol–water partition coefficient (Wildman–Crippen LogP) is 17.4. The Bertz CT molecular complexity index is 2470. The number of hydrogen-bond donors (Lipinski definition) is 2. The van der Waals surface area contributed by atoms with E-state index in [0.29, 0.717) is 31.1 Å². The second-order valence-corrected chi connectivity index (χ2v) is 25.0. The molecule has 6 rings (SSSR count). The van der Waals surface area contributed by atoms with Crippen LogP contribution < -0.4 is 9.47 Å². The minimum Gasteiger partial charge on any atom is -0.507 e. The number of phenolic OH excluding ortho intramolecular Hbond substituents is 2. The van der Waals surface area contributed by atoms with Gasteiger partial charge in [-0.05, 0) is 113 Å². The highest BCUT2D eigenvalue weighted by molar-refractivity contribution is 5.87. The van der Waals surface area contributed by atoms with Crippen molar-refractivity contribution in [1.29, 1.82) is 0 Å². The molecule has 0 fully saturated rings. The average molecular weight is 901 g/mol. The van der Waals surface area contributed by atoms with E-state index in [1.54, 1.807) is 0 Å². The zero-order valence-corrected chi connectivity index (χ0v) is 44.2. The molecule has 0 aliphatic rings. The Morgan fingerprint density at radius 1 is 0.313 bits per heavy atom. The Hall–Kier alpha value is -5.48. The lowest BCUT2D eigenvalue weighted by Gasteiger charge is -2.28. The highest BCUT2D eigenvalue weighted by Crippen LogP contribution is 2.48. The number of phenols is 2. The van der Waals surface area contributed by atoms with Gasteiger partial charge in [-0.15, -0.1) is 0 Å². The maximum absolute atomic E-state index is 12.3. The van der Waals surface area contributed by atoms with Crippen LogP contribution in [0.3, 0.4) is 0 Å². The molecule has 0 spiro atoms. The second kappa shape index (κ2) is 18.5. The molecule has 0 amide bonds. The van der Waals surface area contributed by atoms with Crippen LogP contribution in [0.15, 0.2) is 109 Å². The third-order valence-corrected chi connectivity index (χ3v) is 13.1. The van der Waals surface area contributed by atoms with Crippen molar-refractivity contribution in [2.75, 3.05) is 13.2 Å². The van der Waals surface area contributed by atoms with E-state index in [0.717, 1.165) is 55.6 Å². The van der Waals surface area contributed by atoms with E-state index in [-0.39, 0.29) is 44.0 Å². The van der Waals surface area contributed by atoms with Gasteiger partial charge in [-0.25, -0.2) is 0 Å². The number of hydrogen-bond acceptors (Lipinski definition) is 4. The third-order valence-electron chi connectivity index (χ3n) is 13.1. The largest absolute Gasteiger partial charge is 0.507 e. The number of para-hydroxylation sites is 2. The van der Waals surface area contributed by atoms with Gasteiger partial charge in [0.25, 0.3) is 0 Å². The summed E-state index contributed by atoms with van der Waals surface area (Å²) in [6.07, 6.45) is 0.617. The van der Waals surface area contributed by atoms with Crippen molar-refractivity contribution in [3.63, 3.8) is 0 Å². The third kappa shape index (κ3) is 11.8. The van der Waals surface area contributed by atoms with Gasteiger partial charge in [0.2, 0.25) is 0 Å². The lowest BCUT2D eigenvalue weighted by Crippen LogP contribution is -2.16. The topological polar surface area (TPSA) is 58.9 Å². The van der Waals surface area contributed by atoms with E-state index < -0.39 is 0 Å². The van der Waals surface area contributed by atoms with Crippen molar-refractivity contribution in [3.8, 4) is 67.5 Å². The molecule has 0 radical (unpaired) electrons. The normalized spacial score (nSPS) is 12.9. The van der Waals surface area contributed by atoms with Crippen LogP contribution in [0.5, 0.6) is 23.0 Å². The van der Waals surface area contributed by atoms with Crippen LogP contribution in [0.1, 0.15) is 164 Å². The molecule has 0 aromatic heterocycles. The van der Waals surface area contributed by atoms with Gasteiger partial charge in [0.05, 0.1) is 13.2 Å². The summed E-state index contributed by atoms with van der Waals surface area (Å²) in [4.78, 5) is 0. The van der Waals surface area contributed by atoms with Crippen molar-refractivity contribution in [2.24, 2.45) is 0 Å². The summed E-state index contributed by atoms with van der Waals surface area (Å²) in [5, 5.41) is 24.6. The first-order valence-corrected chi connectivity index (χ1v) is 24.4. The van der Waals surface area contributed by atoms with E-state index >= 15 is 0 Å². The summed E-state index contributed by atoms with van der Waals surface area (Å²) in [6, 6.07) is 38.2. The molecule has 0 aliphatic heterocycles. The molecule has 0 saturated heterocycles. The molecule has 2 N–H and O–H groups in total. The molecule has 0 atom stereocenters. The maximum Gasteiger partial charge on any atom is 0.131 e. The van der Waals surface area contributed by atoms with Gasteiger partial charge in [-0.2, -0.15) is 0 Å². The van der Waals surface area contributed by atoms with Crippen molar-refractivity contribution >= 4 is 0 Å². The van der Waals surface area contributed by atoms with Crippen LogP contribution in [-0.2, 0) is 32.5 Å². The van der Waals surface area contributed by atoms with Crippen LogP contribution in [0.4, 0.5) is 0 Å². The number of ether oxygens (including phenoxy) is 2. The number of rotatable bonds is 10. The first-order valence-electron chi connectivity index (χ1n) is 24.4. The Morgan fingerprint density at radius 2 is 0.567 bits per heavy atom. The predicted molar refractivity (Wildman–Crippen MR) is 286 cm³/mol. The summed E-state index contributed by atoms with van der Waals surface area (Å²) in [7, 11) is 0. The average Bonchev–Trinajstić information content (AvgIpc) is 3.21. The monoisotopic (exact) mass is 901 g/mol. The molecule has 0 aliphatic carbocycles. The molecule has 6 aromatic rings. The lowest BCUT2D eigenvalue weighted by atomic mass is 9.77. The number of benzene rings is 6. The molecular weight excluding hydrogens is 821 g/mol. The van der Waals surface area contributed by atoms with Gasteiger partial charge in [-0.3, -0.25) is 0 Å². The number of aromatic hydroxyl groups is 2. The van der Waals surface area contributed by atoms with Gasteiger partial charge >= 0.3 is 0 Å². The van der Waals surface area contributed by atoms with Gasteiger partial charge in [0, 0.05) is 39.8 Å². The minimum atomic E-state index is -0.172. The van der Waals surface area contributed by atoms with E-state index in [1.165, 1.54) is 22.3 Å². The summed E-state index contributed by atoms with van der Waals surface area (Å²) >= 11 is 0. The summed E-state index contributed by atoms with van der Waals surface area (Å²) in [5.41, 5.74) is 13.4. The fraction of sp³-hybridized carbons (Fsp3) is 0.429. The molecule has 0 bridgehead atoms. The Balaban J connectivity index is 1.30. The molecular formula is C63H80O4. The lowest BCUT2D eigenvalue weighted by molar-refractivity contribution is 0.248. The van der Waals surface area contributed by atoms with Crippen molar-refractivity contribution in [2.45, 2.75) is 164 Å². The standard InChI is InChI=1S/C63H80O4/c1-58(2,3)42-30-40(31-43(34-42)59(4,5)6)50-36-46(62(13,14)15)38-52(56(50)64)48-24-19-21-26-54(48)66-28-23-29-67-55-27-22-20-25-49(55)53-39-47(63(16,17)18)37-51(57(53)65)41-32-44(60(7,8)9)35-45(33-41)61(10,11)12/h19-22,24-27,30-39,64-65H,23,28-29H2,1-18H3. The molecule has 6 aromatic carbocycles. The highest BCUT2D eigenvalue weighted by atomic mass is 16.5. The zero-order valence-electron chi connectivity index (χ0n) is 44.2. The highest BCUT2D eigenvalue weighted by Gasteiger charge is 2.28. The van der Waals surface area contributed by atoms with Crippen LogP contribution >= 0.6 is 0 Å². The SMILES string of the molecule is CC(C)(C)c1cc(-c2cc(C(C)(C)C)cc(-c3ccccc3OCCCOc3ccccc3-c3cc(C(C)(C)C)cc(-c4cc(C(C)(C)C)cc(C(C)(C)C)c4)c3O)c2O)cc(C(C)(C)C)c1. The van der Waals surface area contributed by atoms with Crippen molar-refractivity contribution < 1.29 is 19.7 Å². The van der Waals surface area contributed by atoms with E-state index in [4.69, 9.17) is 9.47 Å². The molecule has 4 nitrogen and oxygen atoms in total. The van der Waals surface area contributed by atoms with Gasteiger partial charge < -0.3 is 19.7 Å². The molecule has 0 unspecified atom stereocenters. The summed E-state index contributed by atoms with van der Waals surface area (Å²) in [5.74, 6) is 1.90. The molecule has 0 heterocycles. The van der Waals surface area contributed by atoms with E-state index in [9.17, 15) is 10.2 Å². The summed E-state index contributed by atoms with van der Waals surface area (Å²) in [6.45, 7) is 41.1. The molecule has 356 valence electrons. The fourth-order valence-electron chi connectivity index (χ4n) is 8.34. The van der Waals surface area contributed by atoms with Crippen molar-refractivity contribution in [3.05, 3.63) is 143 Å². The van der Waals surface area contributed by atoms with Gasteiger partial charge in [0.1, 0.15) is 23.0 Å². The van der Waals surface area contributed by atoms with Gasteiger partial charge in [0.15, 0.2) is 0 Å². The van der Waals surface area contributed by atoms with E-state index in [1.807, 2.05) is 48.5 Å². The first-order chi connectivity index (χ1) is 30.8. The summed E-state index contributed by atoms with van der Waals surface area (Å²) < 4.78 is 13.1. The van der Waals surface area contributed by atoms with Gasteiger partial charge in [-0.1, -0.05) is 197 Å². The van der Waals surface area contributed by atoms with Crippen LogP contribution in [-0.4, -0.2) is 23.4 Å². The first kappa shape index (κ1) is 50.9. The Morgan fingerprint density at radius 3 is 0.851 bits per heavy atom. The smallest absolute Gasteiger partial charge is 0.131 e. The van der Waals surface area contributed by atoms with E-state index in [2.05, 4.69) is 185 Å². The Kier molecular flexibility index (Phi) is 14.1. The van der Waals surface area contributed by atoms with Crippen LogP contribution in [0.2, 0.25) is 0 Å². The molecule has 4 heteroatoms. The molecule has 67 heavy (non-hydrogen) atoms. The maximum atomic E-state index is 12.3. The molecule has 0 saturated carbocycles.